The van der Waals surface area contributed by atoms with Crippen molar-refractivity contribution >= 4 is 11.8 Å². The van der Waals surface area contributed by atoms with Gasteiger partial charge in [-0.15, -0.1) is 0 Å². The van der Waals surface area contributed by atoms with Gasteiger partial charge in [-0.25, -0.2) is 0 Å². The van der Waals surface area contributed by atoms with Gasteiger partial charge in [0.15, 0.2) is 0 Å². The lowest BCUT2D eigenvalue weighted by Gasteiger charge is -2.42. The monoisotopic (exact) mass is 1030 g/mol. The number of carbonyl (C=O) groups excluding carboxylic acids is 2. The van der Waals surface area contributed by atoms with Crippen LogP contribution in [0.2, 0.25) is 0 Å². The summed E-state index contributed by atoms with van der Waals surface area (Å²) in [5.41, 5.74) is -1.99. The Morgan fingerprint density at radius 1 is 0.281 bits per heavy atom. The Bertz CT molecular complexity index is 1720. The second-order valence-corrected chi connectivity index (χ2v) is 12.2. The van der Waals surface area contributed by atoms with E-state index in [-0.39, 0.29) is 24.3 Å². The summed E-state index contributed by atoms with van der Waals surface area (Å²) in [6.07, 6.45) is -16.1. The van der Waals surface area contributed by atoms with Crippen molar-refractivity contribution in [2.45, 2.75) is 108 Å². The molecule has 374 valence electrons. The van der Waals surface area contributed by atoms with E-state index in [2.05, 4.69) is 0 Å². The molecule has 0 saturated carbocycles. The maximum Gasteiger partial charge on any atom is 0.460 e. The molecule has 2 N–H and O–H groups in total. The summed E-state index contributed by atoms with van der Waals surface area (Å²) in [4.78, 5) is 23.1. The summed E-state index contributed by atoms with van der Waals surface area (Å²) < 4.78 is 455. The Morgan fingerprint density at radius 3 is 0.609 bits per heavy atom. The minimum absolute atomic E-state index is 0.185. The first-order chi connectivity index (χ1) is 27.5. The minimum Gasteiger partial charge on any atom is -0.347 e. The standard InChI is InChI=1S/C26H10F34N2O2/c27-11(28,13(31,32)15(35,36)17(39,40)19(43,44)21(47,48)23(51,52)25(55,56)57)9(63)61-5-7-1-2-8(4-3-7)6-62-10(64)12(29,30)14(33,34)16(37,38)18(41,42)20(45,46)22(49,50)24(53,54)26(58,59)60/h1-4H,5-6H2,(H,61,63)(H,62,64). The Labute approximate surface area is 326 Å². The van der Waals surface area contributed by atoms with Crippen molar-refractivity contribution in [3.63, 3.8) is 0 Å². The number of benzene rings is 1. The van der Waals surface area contributed by atoms with Crippen LogP contribution in [0.15, 0.2) is 24.3 Å². The van der Waals surface area contributed by atoms with Crippen LogP contribution < -0.4 is 10.6 Å². The minimum atomic E-state index is -9.06. The quantitative estimate of drug-likeness (QED) is 0.144. The number of hydrogen-bond donors (Lipinski definition) is 2. The van der Waals surface area contributed by atoms with E-state index in [1.165, 1.54) is 0 Å². The number of nitrogens with one attached hydrogen (secondary N) is 2. The lowest BCUT2D eigenvalue weighted by molar-refractivity contribution is -0.459. The fourth-order valence-corrected chi connectivity index (χ4v) is 3.97. The molecule has 0 aliphatic heterocycles. The summed E-state index contributed by atoms with van der Waals surface area (Å²) in [6, 6.07) is 0.741. The van der Waals surface area contributed by atoms with Gasteiger partial charge in [0.05, 0.1) is 0 Å². The molecule has 0 heterocycles. The third-order valence-corrected chi connectivity index (χ3v) is 7.94. The second kappa shape index (κ2) is 15.7. The van der Waals surface area contributed by atoms with Crippen LogP contribution >= 0.6 is 0 Å². The molecule has 0 saturated heterocycles. The van der Waals surface area contributed by atoms with Crippen LogP contribution in [-0.4, -0.2) is 107 Å². The van der Waals surface area contributed by atoms with Crippen molar-refractivity contribution in [2.75, 3.05) is 0 Å². The molecular weight excluding hydrogens is 1020 g/mol. The van der Waals surface area contributed by atoms with E-state index < -0.39 is 131 Å². The van der Waals surface area contributed by atoms with Crippen molar-refractivity contribution in [2.24, 2.45) is 0 Å². The number of alkyl halides is 34. The lowest BCUT2D eigenvalue weighted by atomic mass is 9.88. The molecule has 0 aromatic heterocycles. The molecule has 2 amide bonds. The van der Waals surface area contributed by atoms with E-state index in [9.17, 15) is 159 Å². The smallest absolute Gasteiger partial charge is 0.347 e. The van der Waals surface area contributed by atoms with E-state index in [4.69, 9.17) is 0 Å². The molecule has 0 aliphatic rings. The normalized spacial score (nSPS) is 15.9. The zero-order chi connectivity index (χ0) is 52.0. The van der Waals surface area contributed by atoms with Crippen LogP contribution in [0.4, 0.5) is 149 Å². The van der Waals surface area contributed by atoms with Gasteiger partial charge in [-0.2, -0.15) is 149 Å². The van der Waals surface area contributed by atoms with E-state index in [1.54, 1.807) is 0 Å². The van der Waals surface area contributed by atoms with Gasteiger partial charge in [0, 0.05) is 13.1 Å². The fraction of sp³-hybridized carbons (Fsp3) is 0.692. The Morgan fingerprint density at radius 2 is 0.438 bits per heavy atom. The van der Waals surface area contributed by atoms with Gasteiger partial charge in [-0.1, -0.05) is 24.3 Å². The molecule has 0 fully saturated rings. The zero-order valence-electron chi connectivity index (χ0n) is 28.4. The first kappa shape index (κ1) is 57.8. The van der Waals surface area contributed by atoms with Gasteiger partial charge in [-0.05, 0) is 11.1 Å². The van der Waals surface area contributed by atoms with Gasteiger partial charge >= 0.3 is 95.3 Å². The molecule has 0 bridgehead atoms. The van der Waals surface area contributed by atoms with Crippen LogP contribution in [0.1, 0.15) is 11.1 Å². The zero-order valence-corrected chi connectivity index (χ0v) is 28.4. The number of carbonyl (C=O) groups is 2. The van der Waals surface area contributed by atoms with Gasteiger partial charge in [0.1, 0.15) is 0 Å². The highest BCUT2D eigenvalue weighted by molar-refractivity contribution is 5.85. The highest BCUT2D eigenvalue weighted by Crippen LogP contribution is 2.66. The van der Waals surface area contributed by atoms with Crippen molar-refractivity contribution in [3.8, 4) is 0 Å². The molecule has 0 atom stereocenters. The highest BCUT2D eigenvalue weighted by Gasteiger charge is 2.97. The van der Waals surface area contributed by atoms with Crippen LogP contribution in [0.25, 0.3) is 0 Å². The first-order valence-corrected chi connectivity index (χ1v) is 14.6. The van der Waals surface area contributed by atoms with E-state index in [0.717, 1.165) is 0 Å². The van der Waals surface area contributed by atoms with Gasteiger partial charge in [-0.3, -0.25) is 9.59 Å². The van der Waals surface area contributed by atoms with Crippen molar-refractivity contribution in [1.29, 1.82) is 0 Å². The number of halogens is 34. The molecule has 1 aromatic carbocycles. The predicted molar refractivity (Wildman–Crippen MR) is 132 cm³/mol. The average Bonchev–Trinajstić information content (AvgIpc) is 3.10. The maximum absolute atomic E-state index is 14.1. The molecule has 0 aliphatic carbocycles. The van der Waals surface area contributed by atoms with Crippen LogP contribution in [-0.2, 0) is 22.7 Å². The summed E-state index contributed by atoms with van der Waals surface area (Å²) in [5.74, 6) is -129. The van der Waals surface area contributed by atoms with Crippen LogP contribution in [0, 0.1) is 0 Å². The third kappa shape index (κ3) is 7.88. The summed E-state index contributed by atoms with van der Waals surface area (Å²) >= 11 is 0. The molecule has 0 spiro atoms. The van der Waals surface area contributed by atoms with Gasteiger partial charge < -0.3 is 10.6 Å². The molecular formula is C26H10F34N2O2. The molecule has 64 heavy (non-hydrogen) atoms. The van der Waals surface area contributed by atoms with Crippen molar-refractivity contribution < 1.29 is 159 Å². The molecule has 1 rings (SSSR count). The molecule has 0 unspecified atom stereocenters. The molecule has 4 nitrogen and oxygen atoms in total. The van der Waals surface area contributed by atoms with E-state index in [1.807, 2.05) is 0 Å². The largest absolute Gasteiger partial charge is 0.460 e. The summed E-state index contributed by atoms with van der Waals surface area (Å²) in [5, 5.41) is 0.832. The lowest BCUT2D eigenvalue weighted by Crippen LogP contribution is -2.75. The third-order valence-electron chi connectivity index (χ3n) is 7.94. The topological polar surface area (TPSA) is 58.2 Å². The highest BCUT2D eigenvalue weighted by atomic mass is 19.4. The van der Waals surface area contributed by atoms with E-state index in [0.29, 0.717) is 10.6 Å². The van der Waals surface area contributed by atoms with E-state index >= 15 is 0 Å². The summed E-state index contributed by atoms with van der Waals surface area (Å²) in [6.45, 7) is -3.78. The first-order valence-electron chi connectivity index (χ1n) is 14.6. The Balaban J connectivity index is 3.31. The maximum atomic E-state index is 14.1. The summed E-state index contributed by atoms with van der Waals surface area (Å²) in [7, 11) is 0. The molecule has 0 radical (unpaired) electrons. The fourth-order valence-electron chi connectivity index (χ4n) is 3.97. The second-order valence-electron chi connectivity index (χ2n) is 12.2. The number of rotatable bonds is 18. The average molecular weight is 1030 g/mol. The van der Waals surface area contributed by atoms with Crippen LogP contribution in [0.3, 0.4) is 0 Å². The van der Waals surface area contributed by atoms with Gasteiger partial charge in [0.2, 0.25) is 0 Å². The number of hydrogen-bond acceptors (Lipinski definition) is 2. The number of amides is 2. The molecule has 38 heteroatoms. The SMILES string of the molecule is O=C(NCc1ccc(CNC(=O)C(F)(F)C(F)(F)C(F)(F)C(F)(F)C(F)(F)C(F)(F)C(F)(F)C(F)(F)F)cc1)C(F)(F)C(F)(F)C(F)(F)C(F)(F)C(F)(F)C(F)(F)C(F)(F)C(F)(F)F. The predicted octanol–water partition coefficient (Wildman–Crippen LogP) is 10.9. The Hall–Kier alpha value is -4.22. The molecule has 1 aromatic rings. The van der Waals surface area contributed by atoms with Crippen molar-refractivity contribution in [1.82, 2.24) is 10.6 Å². The van der Waals surface area contributed by atoms with Crippen LogP contribution in [0.5, 0.6) is 0 Å². The van der Waals surface area contributed by atoms with Crippen molar-refractivity contribution in [3.05, 3.63) is 35.4 Å². The van der Waals surface area contributed by atoms with Gasteiger partial charge in [0.25, 0.3) is 11.8 Å². The Kier molecular flexibility index (Phi) is 14.2.